The molecule has 1 N–H and O–H groups in total. The maximum Gasteiger partial charge on any atom is 0.259 e. The Labute approximate surface area is 134 Å². The number of amides is 1. The summed E-state index contributed by atoms with van der Waals surface area (Å²) < 4.78 is 18.9. The van der Waals surface area contributed by atoms with Gasteiger partial charge in [0.1, 0.15) is 11.6 Å². The average Bonchev–Trinajstić information content (AvgIpc) is 3.09. The smallest absolute Gasteiger partial charge is 0.259 e. The first-order valence-corrected chi connectivity index (χ1v) is 7.68. The number of anilines is 2. The Bertz CT molecular complexity index is 712. The summed E-state index contributed by atoms with van der Waals surface area (Å²) in [6.07, 6.45) is 2.22. The van der Waals surface area contributed by atoms with Gasteiger partial charge in [0.2, 0.25) is 0 Å². The number of benzene rings is 2. The van der Waals surface area contributed by atoms with Crippen molar-refractivity contribution in [3.8, 4) is 5.75 Å². The quantitative estimate of drug-likeness (QED) is 0.936. The van der Waals surface area contributed by atoms with Crippen LogP contribution in [0.2, 0.25) is 0 Å². The molecule has 2 aromatic rings. The van der Waals surface area contributed by atoms with Gasteiger partial charge in [0.25, 0.3) is 5.91 Å². The number of nitrogens with zero attached hydrogens (tertiary/aromatic N) is 1. The van der Waals surface area contributed by atoms with Gasteiger partial charge in [-0.1, -0.05) is 12.1 Å². The molecule has 5 heteroatoms. The molecular weight excluding hydrogens is 295 g/mol. The van der Waals surface area contributed by atoms with Crippen molar-refractivity contribution in [3.05, 3.63) is 53.8 Å². The molecule has 1 fully saturated rings. The summed E-state index contributed by atoms with van der Waals surface area (Å²) in [5.41, 5.74) is 1.77. The fourth-order valence-electron chi connectivity index (χ4n) is 2.86. The van der Waals surface area contributed by atoms with E-state index in [0.717, 1.165) is 31.6 Å². The molecule has 2 aromatic carbocycles. The third kappa shape index (κ3) is 3.28. The van der Waals surface area contributed by atoms with Crippen LogP contribution in [0.3, 0.4) is 0 Å². The predicted molar refractivity (Wildman–Crippen MR) is 88.8 cm³/mol. The average molecular weight is 314 g/mol. The van der Waals surface area contributed by atoms with Gasteiger partial charge < -0.3 is 15.0 Å². The number of hydrogen-bond donors (Lipinski definition) is 1. The maximum atomic E-state index is 13.6. The lowest BCUT2D eigenvalue weighted by molar-refractivity contribution is 0.102. The number of hydrogen-bond acceptors (Lipinski definition) is 3. The van der Waals surface area contributed by atoms with E-state index in [2.05, 4.69) is 10.2 Å². The standard InChI is InChI=1S/C18H19FN2O2/c1-23-17-7-3-2-6-14(17)18(22)20-15-12-13(19)8-9-16(15)21-10-4-5-11-21/h2-3,6-9,12H,4-5,10-11H2,1H3,(H,20,22). The van der Waals surface area contributed by atoms with E-state index in [9.17, 15) is 9.18 Å². The number of carbonyl (C=O) groups is 1. The van der Waals surface area contributed by atoms with Crippen LogP contribution >= 0.6 is 0 Å². The summed E-state index contributed by atoms with van der Waals surface area (Å²) in [5.74, 6) is -0.194. The number of ether oxygens (including phenoxy) is 1. The molecule has 0 radical (unpaired) electrons. The summed E-state index contributed by atoms with van der Waals surface area (Å²) in [5, 5.41) is 2.82. The zero-order valence-electron chi connectivity index (χ0n) is 13.0. The lowest BCUT2D eigenvalue weighted by Crippen LogP contribution is -2.21. The van der Waals surface area contributed by atoms with E-state index in [4.69, 9.17) is 4.74 Å². The van der Waals surface area contributed by atoms with Crippen LogP contribution < -0.4 is 15.0 Å². The van der Waals surface area contributed by atoms with Crippen molar-refractivity contribution in [1.82, 2.24) is 0 Å². The molecule has 0 atom stereocenters. The van der Waals surface area contributed by atoms with Gasteiger partial charge in [-0.15, -0.1) is 0 Å². The topological polar surface area (TPSA) is 41.6 Å². The Morgan fingerprint density at radius 1 is 1.17 bits per heavy atom. The van der Waals surface area contributed by atoms with Crippen LogP contribution in [0, 0.1) is 5.82 Å². The van der Waals surface area contributed by atoms with Gasteiger partial charge in [0.15, 0.2) is 0 Å². The lowest BCUT2D eigenvalue weighted by atomic mass is 10.1. The van der Waals surface area contributed by atoms with E-state index in [1.54, 1.807) is 30.3 Å². The zero-order valence-corrected chi connectivity index (χ0v) is 13.0. The van der Waals surface area contributed by atoms with Crippen molar-refractivity contribution >= 4 is 17.3 Å². The van der Waals surface area contributed by atoms with Crippen molar-refractivity contribution in [2.75, 3.05) is 30.4 Å². The Morgan fingerprint density at radius 3 is 2.65 bits per heavy atom. The predicted octanol–water partition coefficient (Wildman–Crippen LogP) is 3.69. The molecule has 4 nitrogen and oxygen atoms in total. The highest BCUT2D eigenvalue weighted by molar-refractivity contribution is 6.07. The zero-order chi connectivity index (χ0) is 16.2. The van der Waals surface area contributed by atoms with Gasteiger partial charge in [-0.25, -0.2) is 4.39 Å². The van der Waals surface area contributed by atoms with Crippen molar-refractivity contribution in [1.29, 1.82) is 0 Å². The highest BCUT2D eigenvalue weighted by Gasteiger charge is 2.19. The summed E-state index contributed by atoms with van der Waals surface area (Å²) in [7, 11) is 1.52. The van der Waals surface area contributed by atoms with Crippen LogP contribution in [-0.2, 0) is 0 Å². The van der Waals surface area contributed by atoms with Crippen LogP contribution in [0.15, 0.2) is 42.5 Å². The molecule has 1 aliphatic heterocycles. The number of halogens is 1. The Kier molecular flexibility index (Phi) is 4.46. The first-order chi connectivity index (χ1) is 11.2. The van der Waals surface area contributed by atoms with Gasteiger partial charge in [-0.2, -0.15) is 0 Å². The summed E-state index contributed by atoms with van der Waals surface area (Å²) >= 11 is 0. The molecule has 23 heavy (non-hydrogen) atoms. The van der Waals surface area contributed by atoms with Crippen LogP contribution in [0.5, 0.6) is 5.75 Å². The molecule has 0 aromatic heterocycles. The molecule has 0 unspecified atom stereocenters. The Balaban J connectivity index is 1.89. The van der Waals surface area contributed by atoms with Gasteiger partial charge >= 0.3 is 0 Å². The molecule has 1 amide bonds. The van der Waals surface area contributed by atoms with Crippen LogP contribution in [0.25, 0.3) is 0 Å². The van der Waals surface area contributed by atoms with Crippen molar-refractivity contribution < 1.29 is 13.9 Å². The number of carbonyl (C=O) groups excluding carboxylic acids is 1. The SMILES string of the molecule is COc1ccccc1C(=O)Nc1cc(F)ccc1N1CCCC1. The van der Waals surface area contributed by atoms with Crippen LogP contribution in [0.4, 0.5) is 15.8 Å². The number of para-hydroxylation sites is 1. The molecule has 1 heterocycles. The first kappa shape index (κ1) is 15.3. The second kappa shape index (κ2) is 6.69. The number of methoxy groups -OCH3 is 1. The van der Waals surface area contributed by atoms with E-state index < -0.39 is 0 Å². The molecule has 1 aliphatic rings. The van der Waals surface area contributed by atoms with E-state index in [0.29, 0.717) is 17.0 Å². The van der Waals surface area contributed by atoms with Gasteiger partial charge in [-0.3, -0.25) is 4.79 Å². The van der Waals surface area contributed by atoms with Crippen LogP contribution in [-0.4, -0.2) is 26.1 Å². The number of nitrogens with one attached hydrogen (secondary N) is 1. The third-order valence-corrected chi connectivity index (χ3v) is 4.01. The van der Waals surface area contributed by atoms with Gasteiger partial charge in [0, 0.05) is 13.1 Å². The highest BCUT2D eigenvalue weighted by Crippen LogP contribution is 2.30. The van der Waals surface area contributed by atoms with Gasteiger partial charge in [-0.05, 0) is 43.2 Å². The van der Waals surface area contributed by atoms with Crippen LogP contribution in [0.1, 0.15) is 23.2 Å². The highest BCUT2D eigenvalue weighted by atomic mass is 19.1. The minimum absolute atomic E-state index is 0.312. The second-order valence-electron chi connectivity index (χ2n) is 5.51. The molecule has 3 rings (SSSR count). The minimum Gasteiger partial charge on any atom is -0.496 e. The van der Waals surface area contributed by atoms with Gasteiger partial charge in [0.05, 0.1) is 24.0 Å². The molecule has 1 saturated heterocycles. The van der Waals surface area contributed by atoms with Crippen molar-refractivity contribution in [3.63, 3.8) is 0 Å². The summed E-state index contributed by atoms with van der Waals surface area (Å²) in [6, 6.07) is 11.5. The Morgan fingerprint density at radius 2 is 1.91 bits per heavy atom. The monoisotopic (exact) mass is 314 g/mol. The van der Waals surface area contributed by atoms with E-state index in [1.165, 1.54) is 19.2 Å². The molecule has 0 spiro atoms. The maximum absolute atomic E-state index is 13.6. The van der Waals surface area contributed by atoms with E-state index in [-0.39, 0.29) is 11.7 Å². The Hall–Kier alpha value is -2.56. The number of rotatable bonds is 4. The summed E-state index contributed by atoms with van der Waals surface area (Å²) in [4.78, 5) is 14.7. The fourth-order valence-corrected chi connectivity index (χ4v) is 2.86. The molecule has 0 bridgehead atoms. The minimum atomic E-state index is -0.372. The normalized spacial score (nSPS) is 13.9. The largest absolute Gasteiger partial charge is 0.496 e. The second-order valence-corrected chi connectivity index (χ2v) is 5.51. The lowest BCUT2D eigenvalue weighted by Gasteiger charge is -2.22. The molecule has 0 saturated carbocycles. The van der Waals surface area contributed by atoms with Crippen molar-refractivity contribution in [2.24, 2.45) is 0 Å². The molecule has 0 aliphatic carbocycles. The third-order valence-electron chi connectivity index (χ3n) is 4.01. The molecular formula is C18H19FN2O2. The van der Waals surface area contributed by atoms with E-state index >= 15 is 0 Å². The first-order valence-electron chi connectivity index (χ1n) is 7.68. The molecule has 120 valence electrons. The van der Waals surface area contributed by atoms with E-state index in [1.807, 2.05) is 0 Å². The van der Waals surface area contributed by atoms with Crippen molar-refractivity contribution in [2.45, 2.75) is 12.8 Å². The summed E-state index contributed by atoms with van der Waals surface area (Å²) in [6.45, 7) is 1.84. The fraction of sp³-hybridized carbons (Fsp3) is 0.278.